The highest BCUT2D eigenvalue weighted by atomic mass is 35.5. The SMILES string of the molecule is CC(C)C1CCC(C(NN)c2cccc(Cl)c2)CC1. The minimum Gasteiger partial charge on any atom is -0.271 e. The Morgan fingerprint density at radius 3 is 2.32 bits per heavy atom. The number of hydrogen-bond donors (Lipinski definition) is 2. The van der Waals surface area contributed by atoms with Gasteiger partial charge in [0.15, 0.2) is 0 Å². The predicted octanol–water partition coefficient (Wildman–Crippen LogP) is 4.31. The van der Waals surface area contributed by atoms with Crippen molar-refractivity contribution in [1.82, 2.24) is 5.43 Å². The Morgan fingerprint density at radius 2 is 1.79 bits per heavy atom. The van der Waals surface area contributed by atoms with Gasteiger partial charge in [0.25, 0.3) is 0 Å². The van der Waals surface area contributed by atoms with E-state index < -0.39 is 0 Å². The summed E-state index contributed by atoms with van der Waals surface area (Å²) in [5, 5.41) is 0.786. The van der Waals surface area contributed by atoms with Crippen LogP contribution in [0.4, 0.5) is 0 Å². The molecule has 1 aromatic carbocycles. The molecule has 0 amide bonds. The molecule has 3 heteroatoms. The van der Waals surface area contributed by atoms with Gasteiger partial charge in [-0.2, -0.15) is 0 Å². The third-order valence-electron chi connectivity index (χ3n) is 4.62. The zero-order valence-corrected chi connectivity index (χ0v) is 12.7. The number of benzene rings is 1. The Labute approximate surface area is 121 Å². The highest BCUT2D eigenvalue weighted by molar-refractivity contribution is 6.30. The molecule has 2 rings (SSSR count). The molecule has 1 unspecified atom stereocenters. The van der Waals surface area contributed by atoms with Gasteiger partial charge >= 0.3 is 0 Å². The zero-order valence-electron chi connectivity index (χ0n) is 11.9. The number of rotatable bonds is 4. The van der Waals surface area contributed by atoms with Crippen molar-refractivity contribution in [2.24, 2.45) is 23.6 Å². The summed E-state index contributed by atoms with van der Waals surface area (Å²) in [6, 6.07) is 8.29. The molecule has 0 radical (unpaired) electrons. The molecule has 0 bridgehead atoms. The lowest BCUT2D eigenvalue weighted by Gasteiger charge is -2.35. The van der Waals surface area contributed by atoms with Gasteiger partial charge < -0.3 is 0 Å². The molecule has 0 heterocycles. The highest BCUT2D eigenvalue weighted by Gasteiger charge is 2.29. The van der Waals surface area contributed by atoms with E-state index in [-0.39, 0.29) is 6.04 Å². The van der Waals surface area contributed by atoms with Gasteiger partial charge in [-0.1, -0.05) is 37.6 Å². The lowest BCUT2D eigenvalue weighted by Crippen LogP contribution is -2.35. The Kier molecular flexibility index (Phi) is 5.26. The van der Waals surface area contributed by atoms with Crippen LogP contribution in [0, 0.1) is 17.8 Å². The van der Waals surface area contributed by atoms with Crippen LogP contribution >= 0.6 is 11.6 Å². The van der Waals surface area contributed by atoms with Crippen LogP contribution in [0.5, 0.6) is 0 Å². The molecule has 1 saturated carbocycles. The highest BCUT2D eigenvalue weighted by Crippen LogP contribution is 2.39. The maximum absolute atomic E-state index is 6.08. The first-order valence-corrected chi connectivity index (χ1v) is 7.71. The van der Waals surface area contributed by atoms with Crippen LogP contribution in [-0.2, 0) is 0 Å². The Balaban J connectivity index is 2.03. The van der Waals surface area contributed by atoms with Gasteiger partial charge in [0.1, 0.15) is 0 Å². The molecule has 1 aliphatic rings. The van der Waals surface area contributed by atoms with Gasteiger partial charge in [-0.3, -0.25) is 11.3 Å². The summed E-state index contributed by atoms with van der Waals surface area (Å²) in [6.07, 6.45) is 5.15. The minimum absolute atomic E-state index is 0.229. The summed E-state index contributed by atoms with van der Waals surface area (Å²) in [5.41, 5.74) is 4.21. The summed E-state index contributed by atoms with van der Waals surface area (Å²) in [4.78, 5) is 0. The van der Waals surface area contributed by atoms with Crippen LogP contribution < -0.4 is 11.3 Å². The fourth-order valence-corrected chi connectivity index (χ4v) is 3.55. The first-order valence-electron chi connectivity index (χ1n) is 7.33. The van der Waals surface area contributed by atoms with Crippen LogP contribution in [0.15, 0.2) is 24.3 Å². The molecule has 1 aliphatic carbocycles. The normalized spacial score (nSPS) is 25.5. The average molecular weight is 281 g/mol. The van der Waals surface area contributed by atoms with E-state index in [1.807, 2.05) is 18.2 Å². The van der Waals surface area contributed by atoms with Gasteiger partial charge in [-0.15, -0.1) is 0 Å². The second-order valence-electron chi connectivity index (χ2n) is 6.12. The molecule has 1 aromatic rings. The second kappa shape index (κ2) is 6.74. The lowest BCUT2D eigenvalue weighted by molar-refractivity contribution is 0.189. The fourth-order valence-electron chi connectivity index (χ4n) is 3.35. The predicted molar refractivity (Wildman–Crippen MR) is 81.8 cm³/mol. The van der Waals surface area contributed by atoms with Gasteiger partial charge in [-0.05, 0) is 61.1 Å². The van der Waals surface area contributed by atoms with Crippen LogP contribution in [0.3, 0.4) is 0 Å². The minimum atomic E-state index is 0.229. The van der Waals surface area contributed by atoms with Gasteiger partial charge in [-0.25, -0.2) is 0 Å². The lowest BCUT2D eigenvalue weighted by atomic mass is 9.73. The number of halogens is 1. The molecule has 106 valence electrons. The average Bonchev–Trinajstić information content (AvgIpc) is 2.40. The molecular formula is C16H25ClN2. The first-order chi connectivity index (χ1) is 9.11. The standard InChI is InChI=1S/C16H25ClN2/c1-11(2)12-6-8-13(9-7-12)16(19-18)14-4-3-5-15(17)10-14/h3-5,10-13,16,19H,6-9,18H2,1-2H3. The maximum atomic E-state index is 6.08. The quantitative estimate of drug-likeness (QED) is 0.637. The Morgan fingerprint density at radius 1 is 1.16 bits per heavy atom. The third kappa shape index (κ3) is 3.71. The number of hydrazine groups is 1. The van der Waals surface area contributed by atoms with E-state index >= 15 is 0 Å². The molecule has 19 heavy (non-hydrogen) atoms. The van der Waals surface area contributed by atoms with Gasteiger partial charge in [0.2, 0.25) is 0 Å². The molecule has 1 atom stereocenters. The van der Waals surface area contributed by atoms with Crippen molar-refractivity contribution in [2.45, 2.75) is 45.6 Å². The van der Waals surface area contributed by atoms with E-state index in [4.69, 9.17) is 17.4 Å². The van der Waals surface area contributed by atoms with Crippen molar-refractivity contribution < 1.29 is 0 Å². The zero-order chi connectivity index (χ0) is 13.8. The summed E-state index contributed by atoms with van der Waals surface area (Å²) in [6.45, 7) is 4.67. The molecule has 0 aliphatic heterocycles. The van der Waals surface area contributed by atoms with Crippen LogP contribution in [0.2, 0.25) is 5.02 Å². The molecule has 0 saturated heterocycles. The summed E-state index contributed by atoms with van der Waals surface area (Å²) in [5.74, 6) is 8.10. The van der Waals surface area contributed by atoms with E-state index in [9.17, 15) is 0 Å². The monoisotopic (exact) mass is 280 g/mol. The Bertz CT molecular complexity index is 397. The van der Waals surface area contributed by atoms with Crippen molar-refractivity contribution >= 4 is 11.6 Å². The van der Waals surface area contributed by atoms with Crippen LogP contribution in [-0.4, -0.2) is 0 Å². The third-order valence-corrected chi connectivity index (χ3v) is 4.85. The van der Waals surface area contributed by atoms with Crippen molar-refractivity contribution in [1.29, 1.82) is 0 Å². The van der Waals surface area contributed by atoms with Crippen molar-refractivity contribution in [3.63, 3.8) is 0 Å². The van der Waals surface area contributed by atoms with Crippen molar-refractivity contribution in [3.8, 4) is 0 Å². The molecule has 3 N–H and O–H groups in total. The topological polar surface area (TPSA) is 38.0 Å². The summed E-state index contributed by atoms with van der Waals surface area (Å²) in [7, 11) is 0. The van der Waals surface area contributed by atoms with Crippen LogP contribution in [0.25, 0.3) is 0 Å². The first kappa shape index (κ1) is 14.8. The molecule has 1 fully saturated rings. The molecule has 0 aromatic heterocycles. The Hall–Kier alpha value is -0.570. The van der Waals surface area contributed by atoms with E-state index in [0.717, 1.165) is 16.9 Å². The maximum Gasteiger partial charge on any atom is 0.0488 e. The smallest absolute Gasteiger partial charge is 0.0488 e. The molecule has 2 nitrogen and oxygen atoms in total. The second-order valence-corrected chi connectivity index (χ2v) is 6.55. The van der Waals surface area contributed by atoms with Crippen molar-refractivity contribution in [3.05, 3.63) is 34.9 Å². The summed E-state index contributed by atoms with van der Waals surface area (Å²) < 4.78 is 0. The van der Waals surface area contributed by atoms with Gasteiger partial charge in [0.05, 0.1) is 0 Å². The largest absolute Gasteiger partial charge is 0.271 e. The van der Waals surface area contributed by atoms with E-state index in [1.165, 1.54) is 31.2 Å². The van der Waals surface area contributed by atoms with Gasteiger partial charge in [0, 0.05) is 11.1 Å². The number of nitrogens with one attached hydrogen (secondary N) is 1. The number of hydrogen-bond acceptors (Lipinski definition) is 2. The van der Waals surface area contributed by atoms with Crippen molar-refractivity contribution in [2.75, 3.05) is 0 Å². The van der Waals surface area contributed by atoms with E-state index in [1.54, 1.807) is 0 Å². The summed E-state index contributed by atoms with van der Waals surface area (Å²) >= 11 is 6.08. The van der Waals surface area contributed by atoms with E-state index in [0.29, 0.717) is 5.92 Å². The van der Waals surface area contributed by atoms with Crippen LogP contribution in [0.1, 0.15) is 51.1 Å². The van der Waals surface area contributed by atoms with E-state index in [2.05, 4.69) is 25.3 Å². The fraction of sp³-hybridized carbons (Fsp3) is 0.625. The molecule has 0 spiro atoms. The number of nitrogens with two attached hydrogens (primary N) is 1. The molecular weight excluding hydrogens is 256 g/mol.